The number of benzene rings is 2. The topological polar surface area (TPSA) is 104 Å². The average Bonchev–Trinajstić information content (AvgIpc) is 3.48. The molecule has 7 nitrogen and oxygen atoms in total. The molecule has 4 fully saturated rings. The molecule has 2 aromatic carbocycles. The lowest BCUT2D eigenvalue weighted by Gasteiger charge is -2.72. The van der Waals surface area contributed by atoms with Gasteiger partial charge in [-0.25, -0.2) is 0 Å². The van der Waals surface area contributed by atoms with Crippen LogP contribution in [0, 0.1) is 56.2 Å². The van der Waals surface area contributed by atoms with E-state index in [1.165, 1.54) is 5.57 Å². The van der Waals surface area contributed by atoms with Crippen molar-refractivity contribution in [1.82, 2.24) is 4.90 Å². The number of halogens is 2. The van der Waals surface area contributed by atoms with Crippen molar-refractivity contribution < 1.29 is 29.3 Å². The molecule has 0 heterocycles. The van der Waals surface area contributed by atoms with Gasteiger partial charge in [-0.1, -0.05) is 102 Å². The molecule has 328 valence electrons. The van der Waals surface area contributed by atoms with E-state index in [4.69, 9.17) is 27.9 Å². The number of Topliss-reactive ketones (excluding diaryl/α,β-unsaturated/α-hetero) is 1. The van der Waals surface area contributed by atoms with Gasteiger partial charge >= 0.3 is 11.9 Å². The Labute approximate surface area is 369 Å². The normalized spacial score (nSPS) is 34.1. The van der Waals surface area contributed by atoms with Crippen LogP contribution >= 0.6 is 23.2 Å². The number of ether oxygens (including phenoxy) is 1. The smallest absolute Gasteiger partial charge is 0.309 e. The summed E-state index contributed by atoms with van der Waals surface area (Å²) in [5.41, 5.74) is 2.41. The summed E-state index contributed by atoms with van der Waals surface area (Å²) in [6, 6.07) is 15.9. The van der Waals surface area contributed by atoms with Gasteiger partial charge in [-0.05, 0) is 146 Å². The number of carbonyl (C=O) groups is 3. The van der Waals surface area contributed by atoms with Gasteiger partial charge in [0.1, 0.15) is 6.10 Å². The van der Waals surface area contributed by atoms with E-state index in [1.54, 1.807) is 13.8 Å². The summed E-state index contributed by atoms with van der Waals surface area (Å²) in [6.45, 7) is 21.4. The Morgan fingerprint density at radius 3 is 1.95 bits per heavy atom. The number of carbonyl (C=O) groups excluding carboxylic acids is 2. The summed E-state index contributed by atoms with van der Waals surface area (Å²) < 4.78 is 6.20. The number of aliphatic hydroxyl groups excluding tert-OH is 1. The molecule has 0 saturated heterocycles. The number of rotatable bonds is 12. The first-order chi connectivity index (χ1) is 28.0. The van der Waals surface area contributed by atoms with Crippen LogP contribution in [0.5, 0.6) is 0 Å². The molecule has 4 saturated carbocycles. The first-order valence-electron chi connectivity index (χ1n) is 22.6. The molecule has 9 atom stereocenters. The molecule has 0 aliphatic heterocycles. The molecule has 0 radical (unpaired) electrons. The van der Waals surface area contributed by atoms with Crippen molar-refractivity contribution in [2.45, 2.75) is 152 Å². The second-order valence-electron chi connectivity index (χ2n) is 22.0. The lowest BCUT2D eigenvalue weighted by molar-refractivity contribution is -0.235. The van der Waals surface area contributed by atoms with Crippen LogP contribution in [0.15, 0.2) is 59.7 Å². The Bertz CT molecular complexity index is 1960. The van der Waals surface area contributed by atoms with Gasteiger partial charge in [-0.3, -0.25) is 19.3 Å². The molecule has 0 aromatic heterocycles. The van der Waals surface area contributed by atoms with Crippen LogP contribution in [0.4, 0.5) is 0 Å². The van der Waals surface area contributed by atoms with Crippen molar-refractivity contribution in [2.24, 2.45) is 56.2 Å². The minimum Gasteiger partial charge on any atom is -0.481 e. The number of allylic oxidation sites excluding steroid dienone is 1. The van der Waals surface area contributed by atoms with Gasteiger partial charge in [0.15, 0.2) is 5.78 Å². The maximum Gasteiger partial charge on any atom is 0.309 e. The first-order valence-corrected chi connectivity index (χ1v) is 23.3. The lowest BCUT2D eigenvalue weighted by Crippen LogP contribution is -2.66. The van der Waals surface area contributed by atoms with Crippen molar-refractivity contribution in [1.29, 1.82) is 0 Å². The third-order valence-electron chi connectivity index (χ3n) is 17.6. The van der Waals surface area contributed by atoms with Crippen molar-refractivity contribution in [3.05, 3.63) is 80.8 Å². The third-order valence-corrected chi connectivity index (χ3v) is 18.1. The maximum atomic E-state index is 14.4. The fourth-order valence-corrected chi connectivity index (χ4v) is 14.5. The quantitative estimate of drug-likeness (QED) is 0.205. The molecule has 5 aliphatic rings. The Morgan fingerprint density at radius 2 is 1.40 bits per heavy atom. The highest BCUT2D eigenvalue weighted by atomic mass is 35.5. The summed E-state index contributed by atoms with van der Waals surface area (Å²) in [4.78, 5) is 41.7. The third kappa shape index (κ3) is 7.61. The molecule has 9 heteroatoms. The minimum atomic E-state index is -1.18. The lowest BCUT2D eigenvalue weighted by atomic mass is 9.33. The number of ketones is 1. The van der Waals surface area contributed by atoms with Crippen LogP contribution in [-0.2, 0) is 32.2 Å². The number of nitrogens with zero attached hydrogens (tertiary/aromatic N) is 1. The number of hydrogen-bond acceptors (Lipinski definition) is 6. The van der Waals surface area contributed by atoms with Gasteiger partial charge in [-0.15, -0.1) is 0 Å². The zero-order valence-corrected chi connectivity index (χ0v) is 39.0. The molecule has 2 aromatic rings. The Morgan fingerprint density at radius 1 is 0.817 bits per heavy atom. The van der Waals surface area contributed by atoms with E-state index in [-0.39, 0.29) is 51.8 Å². The van der Waals surface area contributed by atoms with Gasteiger partial charge < -0.3 is 14.9 Å². The zero-order chi connectivity index (χ0) is 43.8. The van der Waals surface area contributed by atoms with E-state index in [1.807, 2.05) is 48.5 Å². The van der Waals surface area contributed by atoms with E-state index >= 15 is 0 Å². The Kier molecular flexibility index (Phi) is 12.2. The van der Waals surface area contributed by atoms with Crippen molar-refractivity contribution in [3.63, 3.8) is 0 Å². The van der Waals surface area contributed by atoms with Crippen LogP contribution < -0.4 is 0 Å². The standard InChI is InChI=1S/C51H69Cl2NO6/c1-31(2)43-37(55)26-51(40(56)30-54(28-32-10-14-34(52)15-11-32)29-33-12-16-35(53)17-13-33)25-24-49(8)36(44(43)51)18-19-39-48(7)22-21-41(60-42(57)27-46(3,4)45(58)59)47(5,6)38(48)20-23-50(39,49)9/h10-17,31,36,38-41,56H,18-30H2,1-9H3,(H,58,59)/t36-,38-,39-,40+,41+,48+,49-,50-,51+/m1/s1. The molecule has 5 aliphatic carbocycles. The Hall–Kier alpha value is -2.71. The molecule has 2 N–H and O–H groups in total. The van der Waals surface area contributed by atoms with Gasteiger partial charge in [0.2, 0.25) is 0 Å². The molecule has 60 heavy (non-hydrogen) atoms. The van der Waals surface area contributed by atoms with Crippen LogP contribution in [0.25, 0.3) is 0 Å². The first kappa shape index (κ1) is 45.3. The van der Waals surface area contributed by atoms with Gasteiger partial charge in [0, 0.05) is 46.9 Å². The monoisotopic (exact) mass is 861 g/mol. The van der Waals surface area contributed by atoms with Crippen LogP contribution in [0.3, 0.4) is 0 Å². The van der Waals surface area contributed by atoms with Gasteiger partial charge in [0.05, 0.1) is 17.9 Å². The minimum absolute atomic E-state index is 0.0132. The fraction of sp³-hybridized carbons (Fsp3) is 0.667. The molecule has 7 rings (SSSR count). The predicted octanol–water partition coefficient (Wildman–Crippen LogP) is 11.7. The van der Waals surface area contributed by atoms with E-state index < -0.39 is 28.9 Å². The highest BCUT2D eigenvalue weighted by Crippen LogP contribution is 2.77. The van der Waals surface area contributed by atoms with E-state index in [2.05, 4.69) is 53.4 Å². The number of aliphatic carboxylic acids is 1. The summed E-state index contributed by atoms with van der Waals surface area (Å²) >= 11 is 12.6. The van der Waals surface area contributed by atoms with E-state index in [0.29, 0.717) is 47.9 Å². The number of aliphatic hydroxyl groups is 1. The highest BCUT2D eigenvalue weighted by Gasteiger charge is 2.71. The summed E-state index contributed by atoms with van der Waals surface area (Å²) in [5.74, 6) is -0.129. The number of hydrogen-bond donors (Lipinski definition) is 2. The average molecular weight is 863 g/mol. The molecular weight excluding hydrogens is 793 g/mol. The van der Waals surface area contributed by atoms with Crippen molar-refractivity contribution >= 4 is 40.9 Å². The number of carboxylic acids is 1. The number of esters is 1. The van der Waals surface area contributed by atoms with Crippen LogP contribution in [0.1, 0.15) is 138 Å². The van der Waals surface area contributed by atoms with Crippen LogP contribution in [0.2, 0.25) is 10.0 Å². The van der Waals surface area contributed by atoms with Gasteiger partial charge in [0.25, 0.3) is 0 Å². The maximum absolute atomic E-state index is 14.4. The second kappa shape index (κ2) is 16.1. The number of carboxylic acid groups (broad SMARTS) is 1. The highest BCUT2D eigenvalue weighted by molar-refractivity contribution is 6.30. The largest absolute Gasteiger partial charge is 0.481 e. The molecule has 0 bridgehead atoms. The van der Waals surface area contributed by atoms with E-state index in [9.17, 15) is 24.6 Å². The summed E-state index contributed by atoms with van der Waals surface area (Å²) in [6.07, 6.45) is 6.85. The van der Waals surface area contributed by atoms with E-state index in [0.717, 1.165) is 68.1 Å². The second-order valence-corrected chi connectivity index (χ2v) is 22.9. The molecular formula is C51H69Cl2NO6. The van der Waals surface area contributed by atoms with Crippen LogP contribution in [-0.4, -0.2) is 51.6 Å². The number of fused-ring (bicyclic) bond motifs is 7. The fourth-order valence-electron chi connectivity index (χ4n) is 14.2. The molecule has 0 spiro atoms. The summed E-state index contributed by atoms with van der Waals surface area (Å²) in [5, 5.41) is 23.9. The summed E-state index contributed by atoms with van der Waals surface area (Å²) in [7, 11) is 0. The Balaban J connectivity index is 1.17. The van der Waals surface area contributed by atoms with Crippen molar-refractivity contribution in [3.8, 4) is 0 Å². The van der Waals surface area contributed by atoms with Crippen molar-refractivity contribution in [2.75, 3.05) is 6.54 Å². The molecule has 0 amide bonds. The van der Waals surface area contributed by atoms with Gasteiger partial charge in [-0.2, -0.15) is 0 Å². The molecule has 0 unspecified atom stereocenters. The SMILES string of the molecule is CC(C)C1=C2[C@H]3CC[C@@H]4[C@@]5(C)CC[C@H](OC(=O)CC(C)(C)C(=O)O)C(C)(C)[C@H]5CC[C@@]4(C)[C@]3(C)CC[C@@]2([C@@H](O)CN(Cc2ccc(Cl)cc2)Cc2ccc(Cl)cc2)CC1=O. The predicted molar refractivity (Wildman–Crippen MR) is 238 cm³/mol. The zero-order valence-electron chi connectivity index (χ0n) is 37.5.